The average molecular weight is 484 g/mol. The van der Waals surface area contributed by atoms with E-state index in [-0.39, 0.29) is 18.2 Å². The molecule has 0 radical (unpaired) electrons. The van der Waals surface area contributed by atoms with Crippen molar-refractivity contribution in [2.45, 2.75) is 68.0 Å². The van der Waals surface area contributed by atoms with Gasteiger partial charge in [-0.15, -0.1) is 11.8 Å². The molecule has 2 aromatic rings. The maximum atomic E-state index is 13.0. The van der Waals surface area contributed by atoms with Gasteiger partial charge < -0.3 is 19.4 Å². The number of carbonyl (C=O) groups is 3. The number of amides is 3. The van der Waals surface area contributed by atoms with Gasteiger partial charge in [0.25, 0.3) is 5.91 Å². The van der Waals surface area contributed by atoms with E-state index in [1.54, 1.807) is 22.7 Å². The highest BCUT2D eigenvalue weighted by atomic mass is 32.2. The molecule has 5 rings (SSSR count). The molecular weight excluding hydrogens is 454 g/mol. The van der Waals surface area contributed by atoms with Crippen LogP contribution in [0.3, 0.4) is 0 Å². The third-order valence-electron chi connectivity index (χ3n) is 6.57. The zero-order valence-corrected chi connectivity index (χ0v) is 19.8. The number of furan rings is 1. The number of ether oxygens (including phenoxy) is 1. The van der Waals surface area contributed by atoms with Gasteiger partial charge in [0.1, 0.15) is 17.6 Å². The number of hydrogen-bond acceptors (Lipinski definition) is 7. The molecule has 8 nitrogen and oxygen atoms in total. The fourth-order valence-corrected chi connectivity index (χ4v) is 5.74. The Labute approximate surface area is 202 Å². The highest BCUT2D eigenvalue weighted by Crippen LogP contribution is 2.35. The van der Waals surface area contributed by atoms with E-state index in [2.05, 4.69) is 10.6 Å². The number of piperidine rings is 1. The molecule has 3 amide bonds. The second-order valence-corrected chi connectivity index (χ2v) is 9.98. The van der Waals surface area contributed by atoms with Crippen molar-refractivity contribution in [3.05, 3.63) is 53.0 Å². The predicted octanol–water partition coefficient (Wildman–Crippen LogP) is 2.99. The molecule has 0 aliphatic carbocycles. The van der Waals surface area contributed by atoms with E-state index in [0.29, 0.717) is 36.9 Å². The van der Waals surface area contributed by atoms with Crippen molar-refractivity contribution < 1.29 is 23.5 Å². The Morgan fingerprint density at radius 3 is 2.79 bits per heavy atom. The van der Waals surface area contributed by atoms with Crippen LogP contribution >= 0.6 is 11.8 Å². The minimum atomic E-state index is -0.602. The number of nitrogens with one attached hydrogen (secondary N) is 2. The molecule has 1 aromatic heterocycles. The molecule has 180 valence electrons. The number of fused-ring (bicyclic) bond motifs is 1. The lowest BCUT2D eigenvalue weighted by molar-refractivity contribution is -0.136. The summed E-state index contributed by atoms with van der Waals surface area (Å²) in [6.45, 7) is 2.73. The Bertz CT molecular complexity index is 1080. The van der Waals surface area contributed by atoms with Gasteiger partial charge in [-0.3, -0.25) is 19.7 Å². The summed E-state index contributed by atoms with van der Waals surface area (Å²) in [5, 5.41) is 5.77. The maximum Gasteiger partial charge on any atom is 0.255 e. The number of thioether (sulfide) groups is 1. The number of benzene rings is 1. The monoisotopic (exact) mass is 483 g/mol. The molecule has 2 N–H and O–H groups in total. The first-order chi connectivity index (χ1) is 16.6. The van der Waals surface area contributed by atoms with E-state index in [9.17, 15) is 14.4 Å². The van der Waals surface area contributed by atoms with Crippen molar-refractivity contribution in [1.82, 2.24) is 15.5 Å². The number of rotatable bonds is 8. The Balaban J connectivity index is 1.17. The fourth-order valence-electron chi connectivity index (χ4n) is 4.76. The van der Waals surface area contributed by atoms with Crippen LogP contribution in [0.25, 0.3) is 0 Å². The molecule has 2 unspecified atom stereocenters. The molecule has 4 heterocycles. The molecule has 0 saturated carbocycles. The second kappa shape index (κ2) is 10.3. The molecule has 2 atom stereocenters. The highest BCUT2D eigenvalue weighted by molar-refractivity contribution is 7.98. The standard InChI is InChI=1S/C25H29N3O5S/c29-23-10-9-21(24(30)27-23)28-14-20-19(25(28)31)5-3-6-22(20)34-15-18-8-7-17(33-18)13-26-12-16-4-1-2-11-32-16/h3,5-8,16,21,26H,1-2,4,9-15H2,(H,27,29,30). The Morgan fingerprint density at radius 2 is 1.97 bits per heavy atom. The van der Waals surface area contributed by atoms with Gasteiger partial charge in [-0.05, 0) is 55.5 Å². The van der Waals surface area contributed by atoms with Gasteiger partial charge in [0.05, 0.1) is 18.4 Å². The Kier molecular flexibility index (Phi) is 7.03. The first-order valence-electron chi connectivity index (χ1n) is 11.9. The molecule has 2 fully saturated rings. The lowest BCUT2D eigenvalue weighted by Crippen LogP contribution is -2.52. The summed E-state index contributed by atoms with van der Waals surface area (Å²) in [5.74, 6) is 1.59. The summed E-state index contributed by atoms with van der Waals surface area (Å²) in [6.07, 6.45) is 4.40. The minimum absolute atomic E-state index is 0.153. The zero-order chi connectivity index (χ0) is 23.5. The Morgan fingerprint density at radius 1 is 1.09 bits per heavy atom. The minimum Gasteiger partial charge on any atom is -0.464 e. The number of carbonyl (C=O) groups excluding carboxylic acids is 3. The largest absolute Gasteiger partial charge is 0.464 e. The van der Waals surface area contributed by atoms with Crippen molar-refractivity contribution in [2.75, 3.05) is 13.2 Å². The van der Waals surface area contributed by atoms with E-state index >= 15 is 0 Å². The van der Waals surface area contributed by atoms with Gasteiger partial charge in [0.15, 0.2) is 0 Å². The van der Waals surface area contributed by atoms with Crippen LogP contribution in [0.15, 0.2) is 39.6 Å². The van der Waals surface area contributed by atoms with Gasteiger partial charge >= 0.3 is 0 Å². The van der Waals surface area contributed by atoms with Crippen LogP contribution in [0.2, 0.25) is 0 Å². The van der Waals surface area contributed by atoms with Gasteiger partial charge in [-0.2, -0.15) is 0 Å². The highest BCUT2D eigenvalue weighted by Gasteiger charge is 2.39. The van der Waals surface area contributed by atoms with Gasteiger partial charge in [-0.1, -0.05) is 6.07 Å². The normalized spacial score (nSPS) is 22.7. The predicted molar refractivity (Wildman–Crippen MR) is 126 cm³/mol. The van der Waals surface area contributed by atoms with Crippen LogP contribution in [0.1, 0.15) is 59.5 Å². The SMILES string of the molecule is O=C1CCC(N2Cc3c(SCc4ccc(CNCC5CCCCO5)o4)cccc3C2=O)C(=O)N1. The average Bonchev–Trinajstić information content (AvgIpc) is 3.43. The van der Waals surface area contributed by atoms with Crippen molar-refractivity contribution in [1.29, 1.82) is 0 Å². The van der Waals surface area contributed by atoms with Crippen molar-refractivity contribution in [3.8, 4) is 0 Å². The molecule has 1 aromatic carbocycles. The van der Waals surface area contributed by atoms with Crippen LogP contribution in [0.4, 0.5) is 0 Å². The first-order valence-corrected chi connectivity index (χ1v) is 12.9. The molecule has 9 heteroatoms. The molecule has 3 aliphatic rings. The van der Waals surface area contributed by atoms with E-state index in [4.69, 9.17) is 9.15 Å². The number of hydrogen-bond donors (Lipinski definition) is 2. The summed E-state index contributed by atoms with van der Waals surface area (Å²) in [4.78, 5) is 39.4. The fraction of sp³-hybridized carbons (Fsp3) is 0.480. The topological polar surface area (TPSA) is 101 Å². The number of imide groups is 1. The molecular formula is C25H29N3O5S. The third-order valence-corrected chi connectivity index (χ3v) is 7.69. The van der Waals surface area contributed by atoms with Crippen molar-refractivity contribution >= 4 is 29.5 Å². The smallest absolute Gasteiger partial charge is 0.255 e. The second-order valence-electron chi connectivity index (χ2n) is 8.96. The maximum absolute atomic E-state index is 13.0. The lowest BCUT2D eigenvalue weighted by atomic mass is 10.0. The van der Waals surface area contributed by atoms with E-state index in [1.165, 1.54) is 6.42 Å². The van der Waals surface area contributed by atoms with Crippen LogP contribution in [-0.4, -0.2) is 47.9 Å². The Hall–Kier alpha value is -2.62. The van der Waals surface area contributed by atoms with Gasteiger partial charge in [0.2, 0.25) is 11.8 Å². The van der Waals surface area contributed by atoms with Crippen LogP contribution in [0.5, 0.6) is 0 Å². The van der Waals surface area contributed by atoms with Crippen molar-refractivity contribution in [3.63, 3.8) is 0 Å². The lowest BCUT2D eigenvalue weighted by Gasteiger charge is -2.29. The number of nitrogens with zero attached hydrogens (tertiary/aromatic N) is 1. The zero-order valence-electron chi connectivity index (χ0n) is 19.0. The van der Waals surface area contributed by atoms with E-state index in [1.807, 2.05) is 24.3 Å². The molecule has 0 bridgehead atoms. The van der Waals surface area contributed by atoms with Crippen molar-refractivity contribution in [2.24, 2.45) is 0 Å². The van der Waals surface area contributed by atoms with Crippen LogP contribution in [0, 0.1) is 0 Å². The molecule has 2 saturated heterocycles. The molecule has 0 spiro atoms. The summed E-state index contributed by atoms with van der Waals surface area (Å²) >= 11 is 1.62. The summed E-state index contributed by atoms with van der Waals surface area (Å²) in [6, 6.07) is 9.06. The van der Waals surface area contributed by atoms with Crippen LogP contribution in [-0.2, 0) is 33.2 Å². The molecule has 34 heavy (non-hydrogen) atoms. The molecule has 3 aliphatic heterocycles. The van der Waals surface area contributed by atoms with Gasteiger partial charge in [-0.25, -0.2) is 0 Å². The van der Waals surface area contributed by atoms with E-state index in [0.717, 1.165) is 48.0 Å². The summed E-state index contributed by atoms with van der Waals surface area (Å²) in [5.41, 5.74) is 1.56. The van der Waals surface area contributed by atoms with E-state index < -0.39 is 11.9 Å². The summed E-state index contributed by atoms with van der Waals surface area (Å²) < 4.78 is 11.7. The third kappa shape index (κ3) is 5.06. The first kappa shape index (κ1) is 23.1. The van der Waals surface area contributed by atoms with Crippen LogP contribution < -0.4 is 10.6 Å². The quantitative estimate of drug-likeness (QED) is 0.440. The summed E-state index contributed by atoms with van der Waals surface area (Å²) in [7, 11) is 0. The van der Waals surface area contributed by atoms with Gasteiger partial charge in [0, 0.05) is 36.6 Å².